The second kappa shape index (κ2) is 9.29. The number of hydrazine groups is 1. The number of H-pyrrole nitrogens is 1. The van der Waals surface area contributed by atoms with Gasteiger partial charge in [0.1, 0.15) is 18.0 Å². The maximum Gasteiger partial charge on any atom is 0.272 e. The summed E-state index contributed by atoms with van der Waals surface area (Å²) in [4.78, 5) is 17.1. The normalized spacial score (nSPS) is 17.5. The van der Waals surface area contributed by atoms with Crippen molar-refractivity contribution < 1.29 is 9.50 Å². The van der Waals surface area contributed by atoms with E-state index in [9.17, 15) is 14.3 Å². The molecule has 10 nitrogen and oxygen atoms in total. The topological polar surface area (TPSA) is 133 Å². The molecule has 5 N–H and O–H groups in total. The Kier molecular flexibility index (Phi) is 6.05. The molecule has 0 saturated heterocycles. The summed E-state index contributed by atoms with van der Waals surface area (Å²) in [5, 5.41) is 24.5. The second-order valence-corrected chi connectivity index (χ2v) is 8.23. The molecule has 0 amide bonds. The highest BCUT2D eigenvalue weighted by Gasteiger charge is 2.36. The number of benzene rings is 2. The van der Waals surface area contributed by atoms with Gasteiger partial charge in [-0.15, -0.1) is 0 Å². The number of nitrogens with one attached hydrogen (secondary N) is 4. The van der Waals surface area contributed by atoms with Crippen LogP contribution in [-0.4, -0.2) is 43.7 Å². The zero-order valence-corrected chi connectivity index (χ0v) is 18.5. The number of aliphatic hydroxyl groups excluding tert-OH is 1. The molecular formula is C23H25FN8O2. The maximum absolute atomic E-state index is 14.4. The average Bonchev–Trinajstić information content (AvgIpc) is 3.23. The van der Waals surface area contributed by atoms with Crippen LogP contribution in [0.3, 0.4) is 0 Å². The number of rotatable bonds is 7. The van der Waals surface area contributed by atoms with E-state index in [1.807, 2.05) is 31.3 Å². The molecular weight excluding hydrogens is 439 g/mol. The first kappa shape index (κ1) is 22.1. The molecule has 5 rings (SSSR count). The van der Waals surface area contributed by atoms with E-state index in [1.165, 1.54) is 18.5 Å². The molecule has 2 unspecified atom stereocenters. The van der Waals surface area contributed by atoms with Gasteiger partial charge in [-0.2, -0.15) is 10.2 Å². The molecule has 2 atom stereocenters. The van der Waals surface area contributed by atoms with Gasteiger partial charge in [0, 0.05) is 25.1 Å². The summed E-state index contributed by atoms with van der Waals surface area (Å²) >= 11 is 0. The van der Waals surface area contributed by atoms with Crippen LogP contribution in [0.4, 0.5) is 10.1 Å². The first-order valence-corrected chi connectivity index (χ1v) is 11.1. The molecule has 0 aliphatic carbocycles. The molecule has 176 valence electrons. The molecule has 0 saturated carbocycles. The Hall–Kier alpha value is -3.67. The Labute approximate surface area is 194 Å². The molecule has 0 bridgehead atoms. The number of aromatic amines is 1. The zero-order valence-electron chi connectivity index (χ0n) is 18.5. The first-order valence-electron chi connectivity index (χ1n) is 11.1. The van der Waals surface area contributed by atoms with Gasteiger partial charge in [0.25, 0.3) is 5.56 Å². The van der Waals surface area contributed by atoms with Gasteiger partial charge in [0.05, 0.1) is 28.7 Å². The van der Waals surface area contributed by atoms with Gasteiger partial charge < -0.3 is 15.8 Å². The fraction of sp³-hybridized carbons (Fsp3) is 0.304. The van der Waals surface area contributed by atoms with Crippen molar-refractivity contribution in [3.05, 3.63) is 81.5 Å². The van der Waals surface area contributed by atoms with E-state index in [4.69, 9.17) is 0 Å². The highest BCUT2D eigenvalue weighted by atomic mass is 19.1. The molecule has 0 spiro atoms. The highest BCUT2D eigenvalue weighted by Crippen LogP contribution is 2.41. The third kappa shape index (κ3) is 3.94. The number of nitrogens with zero attached hydrogens (tertiary/aromatic N) is 4. The number of hydrogen-bond acceptors (Lipinski definition) is 8. The van der Waals surface area contributed by atoms with Crippen molar-refractivity contribution in [1.29, 1.82) is 0 Å². The van der Waals surface area contributed by atoms with E-state index < -0.39 is 17.3 Å². The summed E-state index contributed by atoms with van der Waals surface area (Å²) in [6.45, 7) is 1.22. The van der Waals surface area contributed by atoms with Crippen LogP contribution in [0, 0.1) is 5.82 Å². The number of aryl methyl sites for hydroxylation is 1. The molecule has 4 aromatic rings. The number of hydrogen-bond donors (Lipinski definition) is 5. The van der Waals surface area contributed by atoms with Crippen LogP contribution >= 0.6 is 0 Å². The van der Waals surface area contributed by atoms with Crippen LogP contribution in [0.1, 0.15) is 41.0 Å². The Balaban J connectivity index is 1.72. The largest absolute Gasteiger partial charge is 0.396 e. The molecule has 0 radical (unpaired) electrons. The smallest absolute Gasteiger partial charge is 0.272 e. The summed E-state index contributed by atoms with van der Waals surface area (Å²) < 4.78 is 16.1. The lowest BCUT2D eigenvalue weighted by Crippen LogP contribution is -2.32. The van der Waals surface area contributed by atoms with E-state index >= 15 is 0 Å². The minimum Gasteiger partial charge on any atom is -0.396 e. The van der Waals surface area contributed by atoms with Gasteiger partial charge in [-0.05, 0) is 36.7 Å². The van der Waals surface area contributed by atoms with Crippen molar-refractivity contribution in [2.45, 2.75) is 31.5 Å². The summed E-state index contributed by atoms with van der Waals surface area (Å²) in [7, 11) is 1.89. The highest BCUT2D eigenvalue weighted by molar-refractivity contribution is 5.96. The summed E-state index contributed by atoms with van der Waals surface area (Å²) in [6, 6.07) is 10.3. The Bertz CT molecular complexity index is 1370. The lowest BCUT2D eigenvalue weighted by molar-refractivity contribution is 0.275. The van der Waals surface area contributed by atoms with Gasteiger partial charge in [-0.1, -0.05) is 24.3 Å². The van der Waals surface area contributed by atoms with Crippen LogP contribution < -0.4 is 21.7 Å². The summed E-state index contributed by atoms with van der Waals surface area (Å²) in [5.74, 6) is -0.392. The van der Waals surface area contributed by atoms with Gasteiger partial charge in [-0.25, -0.2) is 24.6 Å². The Morgan fingerprint density at radius 1 is 1.24 bits per heavy atom. The predicted molar refractivity (Wildman–Crippen MR) is 125 cm³/mol. The molecule has 1 aliphatic heterocycles. The monoisotopic (exact) mass is 464 g/mol. The minimum absolute atomic E-state index is 0.0173. The minimum atomic E-state index is -0.531. The van der Waals surface area contributed by atoms with E-state index in [-0.39, 0.29) is 18.0 Å². The average molecular weight is 465 g/mol. The third-order valence-corrected chi connectivity index (χ3v) is 6.04. The lowest BCUT2D eigenvalue weighted by atomic mass is 9.87. The molecule has 34 heavy (non-hydrogen) atoms. The number of halogens is 1. The third-order valence-electron chi connectivity index (χ3n) is 6.04. The second-order valence-electron chi connectivity index (χ2n) is 8.23. The quantitative estimate of drug-likeness (QED) is 0.278. The maximum atomic E-state index is 14.4. The van der Waals surface area contributed by atoms with Crippen LogP contribution in [0.5, 0.6) is 0 Å². The van der Waals surface area contributed by atoms with Crippen LogP contribution in [0.15, 0.2) is 47.5 Å². The Morgan fingerprint density at radius 2 is 2.06 bits per heavy atom. The first-order chi connectivity index (χ1) is 16.6. The van der Waals surface area contributed by atoms with Crippen molar-refractivity contribution in [3.8, 4) is 0 Å². The van der Waals surface area contributed by atoms with Crippen molar-refractivity contribution >= 4 is 16.5 Å². The fourth-order valence-electron chi connectivity index (χ4n) is 4.51. The van der Waals surface area contributed by atoms with E-state index in [0.717, 1.165) is 17.7 Å². The zero-order chi connectivity index (χ0) is 23.7. The van der Waals surface area contributed by atoms with Gasteiger partial charge >= 0.3 is 0 Å². The van der Waals surface area contributed by atoms with Crippen LogP contribution in [0.2, 0.25) is 0 Å². The molecule has 3 heterocycles. The molecule has 11 heteroatoms. The van der Waals surface area contributed by atoms with E-state index in [2.05, 4.69) is 36.4 Å². The molecule has 2 aromatic carbocycles. The lowest BCUT2D eigenvalue weighted by Gasteiger charge is -2.26. The van der Waals surface area contributed by atoms with Gasteiger partial charge in [-0.3, -0.25) is 4.79 Å². The van der Waals surface area contributed by atoms with E-state index in [0.29, 0.717) is 35.6 Å². The standard InChI is InChI=1S/C23H25FN8O2/c1-25-11-13-3-5-14(6-4-13)20-19(22-26-12-27-32(22)7-2-8-33)21-18-16(23(34)31-30-21)9-15(24)10-17(18)28-29-20/h3-6,9-10,12,19-20,25,28-29,33H,2,7-8,11H2,1H3,(H,31,34). The molecule has 0 fully saturated rings. The summed E-state index contributed by atoms with van der Waals surface area (Å²) in [6.07, 6.45) is 1.97. The van der Waals surface area contributed by atoms with Crippen molar-refractivity contribution in [2.24, 2.45) is 0 Å². The number of aromatic nitrogens is 5. The number of anilines is 1. The number of aliphatic hydroxyl groups is 1. The van der Waals surface area contributed by atoms with Crippen LogP contribution in [0.25, 0.3) is 10.8 Å². The predicted octanol–water partition coefficient (Wildman–Crippen LogP) is 1.56. The molecule has 2 aromatic heterocycles. The van der Waals surface area contributed by atoms with Crippen molar-refractivity contribution in [1.82, 2.24) is 35.7 Å². The van der Waals surface area contributed by atoms with E-state index in [1.54, 1.807) is 4.68 Å². The van der Waals surface area contributed by atoms with Crippen molar-refractivity contribution in [3.63, 3.8) is 0 Å². The van der Waals surface area contributed by atoms with Crippen LogP contribution in [-0.2, 0) is 13.1 Å². The fourth-order valence-corrected chi connectivity index (χ4v) is 4.51. The summed E-state index contributed by atoms with van der Waals surface area (Å²) in [5.41, 5.74) is 8.98. The van der Waals surface area contributed by atoms with Crippen molar-refractivity contribution in [2.75, 3.05) is 19.1 Å². The van der Waals surface area contributed by atoms with Gasteiger partial charge in [0.2, 0.25) is 0 Å². The Morgan fingerprint density at radius 3 is 2.82 bits per heavy atom. The van der Waals surface area contributed by atoms with Gasteiger partial charge in [0.15, 0.2) is 0 Å². The SMILES string of the molecule is CNCc1ccc(C2NNc3cc(F)cc4c(=O)[nH]nc(c34)C2c2ncnn2CCCO)cc1. The molecule has 1 aliphatic rings.